The maximum absolute atomic E-state index is 12.3. The number of carbonyl (C=O) groups is 3. The third-order valence-corrected chi connectivity index (χ3v) is 5.15. The first-order valence-corrected chi connectivity index (χ1v) is 11.2. The van der Waals surface area contributed by atoms with Gasteiger partial charge in [0, 0.05) is 17.9 Å². The van der Waals surface area contributed by atoms with Crippen LogP contribution in [0.4, 0.5) is 21.0 Å². The number of anilines is 2. The molecule has 8 nitrogen and oxygen atoms in total. The Balaban J connectivity index is 1.67. The normalized spacial score (nSPS) is 11.1. The molecule has 0 atom stereocenters. The first kappa shape index (κ1) is 25.0. The zero-order valence-corrected chi connectivity index (χ0v) is 19.2. The van der Waals surface area contributed by atoms with E-state index in [0.717, 1.165) is 5.56 Å². The summed E-state index contributed by atoms with van der Waals surface area (Å²) in [5.41, 5.74) is 2.89. The summed E-state index contributed by atoms with van der Waals surface area (Å²) in [6.07, 6.45) is 0.688. The smallest absolute Gasteiger partial charge is 0.333 e. The van der Waals surface area contributed by atoms with Gasteiger partial charge in [0.05, 0.1) is 12.1 Å². The molecule has 35 heavy (non-hydrogen) atoms. The number of carboxylic acid groups (broad SMARTS) is 1. The molecule has 8 heteroatoms. The first-order valence-electron chi connectivity index (χ1n) is 11.2. The molecule has 4 amide bonds. The second-order valence-electron chi connectivity index (χ2n) is 7.72. The van der Waals surface area contributed by atoms with E-state index in [2.05, 4.69) is 21.3 Å². The van der Waals surface area contributed by atoms with Gasteiger partial charge in [-0.05, 0) is 42.7 Å². The molecule has 3 rings (SSSR count). The van der Waals surface area contributed by atoms with Crippen molar-refractivity contribution in [3.63, 3.8) is 0 Å². The molecule has 0 aliphatic heterocycles. The number of nitrogens with one attached hydrogen (secondary N) is 4. The summed E-state index contributed by atoms with van der Waals surface area (Å²) in [4.78, 5) is 36.6. The Hall–Kier alpha value is -4.59. The third kappa shape index (κ3) is 8.70. The number of hydrogen-bond acceptors (Lipinski definition) is 3. The largest absolute Gasteiger partial charge is 0.478 e. The lowest BCUT2D eigenvalue weighted by Gasteiger charge is -2.15. The lowest BCUT2D eigenvalue weighted by atomic mass is 9.97. The van der Waals surface area contributed by atoms with Crippen LogP contribution in [0, 0.1) is 0 Å². The van der Waals surface area contributed by atoms with Gasteiger partial charge in [0.2, 0.25) is 0 Å². The Labute approximate surface area is 204 Å². The standard InChI is InChI=1S/C27H28N4O4/c32-25(33)24(19-29-27(35)31-23-14-8-3-9-15-23)21(18-20-10-4-1-5-11-20)16-17-28-26(34)30-22-12-6-2-7-13-22/h1-15H,16-19H2,(H,32,33)(H2,28,30,34)(H2,29,31,35). The van der Waals surface area contributed by atoms with E-state index in [-0.39, 0.29) is 24.7 Å². The average molecular weight is 473 g/mol. The molecule has 0 aliphatic rings. The SMILES string of the molecule is O=C(NCCC(Cc1ccccc1)=C(CNC(=O)Nc1ccccc1)C(=O)O)Nc1ccccc1. The van der Waals surface area contributed by atoms with Crippen LogP contribution in [-0.2, 0) is 11.2 Å². The van der Waals surface area contributed by atoms with E-state index < -0.39 is 12.0 Å². The molecular weight excluding hydrogens is 444 g/mol. The fourth-order valence-corrected chi connectivity index (χ4v) is 3.43. The van der Waals surface area contributed by atoms with E-state index in [1.807, 2.05) is 54.6 Å². The predicted molar refractivity (Wildman–Crippen MR) is 136 cm³/mol. The monoisotopic (exact) mass is 472 g/mol. The fraction of sp³-hybridized carbons (Fsp3) is 0.148. The molecular formula is C27H28N4O4. The van der Waals surface area contributed by atoms with Crippen molar-refractivity contribution in [2.24, 2.45) is 0 Å². The summed E-state index contributed by atoms with van der Waals surface area (Å²) in [7, 11) is 0. The number of carboxylic acids is 1. The van der Waals surface area contributed by atoms with Crippen LogP contribution in [0.1, 0.15) is 12.0 Å². The molecule has 0 fully saturated rings. The van der Waals surface area contributed by atoms with Crippen molar-refractivity contribution in [2.45, 2.75) is 12.8 Å². The highest BCUT2D eigenvalue weighted by atomic mass is 16.4. The highest BCUT2D eigenvalue weighted by Crippen LogP contribution is 2.16. The van der Waals surface area contributed by atoms with E-state index in [4.69, 9.17) is 0 Å². The number of carbonyl (C=O) groups excluding carboxylic acids is 2. The summed E-state index contributed by atoms with van der Waals surface area (Å²) in [6.45, 7) is 0.0696. The van der Waals surface area contributed by atoms with Crippen molar-refractivity contribution in [3.05, 3.63) is 108 Å². The number of aliphatic carboxylic acids is 1. The molecule has 0 bridgehead atoms. The Morgan fingerprint density at radius 3 is 1.66 bits per heavy atom. The number of amides is 4. The molecule has 0 saturated carbocycles. The minimum absolute atomic E-state index is 0.0855. The molecule has 0 saturated heterocycles. The molecule has 180 valence electrons. The van der Waals surface area contributed by atoms with Crippen LogP contribution in [0.2, 0.25) is 0 Å². The average Bonchev–Trinajstić information content (AvgIpc) is 2.85. The second-order valence-corrected chi connectivity index (χ2v) is 7.72. The summed E-state index contributed by atoms with van der Waals surface area (Å²) in [5, 5.41) is 20.7. The molecule has 0 aromatic heterocycles. The van der Waals surface area contributed by atoms with Crippen molar-refractivity contribution in [1.29, 1.82) is 0 Å². The second kappa shape index (κ2) is 13.2. The maximum Gasteiger partial charge on any atom is 0.333 e. The van der Waals surface area contributed by atoms with Crippen molar-refractivity contribution >= 4 is 29.4 Å². The van der Waals surface area contributed by atoms with E-state index in [1.54, 1.807) is 36.4 Å². The van der Waals surface area contributed by atoms with Crippen molar-refractivity contribution in [1.82, 2.24) is 10.6 Å². The van der Waals surface area contributed by atoms with Gasteiger partial charge in [-0.2, -0.15) is 0 Å². The van der Waals surface area contributed by atoms with E-state index in [0.29, 0.717) is 29.8 Å². The highest BCUT2D eigenvalue weighted by Gasteiger charge is 2.17. The molecule has 0 radical (unpaired) electrons. The van der Waals surface area contributed by atoms with Gasteiger partial charge in [0.1, 0.15) is 0 Å². The van der Waals surface area contributed by atoms with Crippen LogP contribution in [0.3, 0.4) is 0 Å². The van der Waals surface area contributed by atoms with Gasteiger partial charge in [0.15, 0.2) is 0 Å². The van der Waals surface area contributed by atoms with E-state index in [9.17, 15) is 19.5 Å². The molecule has 3 aromatic rings. The number of benzene rings is 3. The summed E-state index contributed by atoms with van der Waals surface area (Å²) < 4.78 is 0. The van der Waals surface area contributed by atoms with Gasteiger partial charge in [-0.15, -0.1) is 0 Å². The van der Waals surface area contributed by atoms with Gasteiger partial charge >= 0.3 is 18.0 Å². The third-order valence-electron chi connectivity index (χ3n) is 5.15. The van der Waals surface area contributed by atoms with Gasteiger partial charge in [-0.3, -0.25) is 0 Å². The quantitative estimate of drug-likeness (QED) is 0.276. The maximum atomic E-state index is 12.3. The Kier molecular flexibility index (Phi) is 9.44. The van der Waals surface area contributed by atoms with Gasteiger partial charge in [-0.25, -0.2) is 14.4 Å². The van der Waals surface area contributed by atoms with Gasteiger partial charge < -0.3 is 26.4 Å². The lowest BCUT2D eigenvalue weighted by Crippen LogP contribution is -2.33. The van der Waals surface area contributed by atoms with Crippen LogP contribution in [0.25, 0.3) is 0 Å². The Morgan fingerprint density at radius 2 is 1.14 bits per heavy atom. The van der Waals surface area contributed by atoms with Crippen molar-refractivity contribution < 1.29 is 19.5 Å². The summed E-state index contributed by atoms with van der Waals surface area (Å²) >= 11 is 0. The topological polar surface area (TPSA) is 120 Å². The minimum atomic E-state index is -1.12. The molecule has 0 spiro atoms. The van der Waals surface area contributed by atoms with Crippen LogP contribution in [0.5, 0.6) is 0 Å². The molecule has 0 aliphatic carbocycles. The zero-order chi connectivity index (χ0) is 24.9. The van der Waals surface area contributed by atoms with E-state index >= 15 is 0 Å². The number of para-hydroxylation sites is 2. The Morgan fingerprint density at radius 1 is 0.657 bits per heavy atom. The predicted octanol–water partition coefficient (Wildman–Crippen LogP) is 4.64. The van der Waals surface area contributed by atoms with Gasteiger partial charge in [0.25, 0.3) is 0 Å². The van der Waals surface area contributed by atoms with Crippen molar-refractivity contribution in [2.75, 3.05) is 23.7 Å². The van der Waals surface area contributed by atoms with Crippen LogP contribution < -0.4 is 21.3 Å². The minimum Gasteiger partial charge on any atom is -0.478 e. The molecule has 5 N–H and O–H groups in total. The van der Waals surface area contributed by atoms with E-state index in [1.165, 1.54) is 0 Å². The molecule has 0 heterocycles. The summed E-state index contributed by atoms with van der Waals surface area (Å²) in [6, 6.07) is 26.5. The number of urea groups is 2. The molecule has 3 aromatic carbocycles. The van der Waals surface area contributed by atoms with Crippen LogP contribution in [-0.4, -0.2) is 36.2 Å². The fourth-order valence-electron chi connectivity index (χ4n) is 3.43. The van der Waals surface area contributed by atoms with Crippen molar-refractivity contribution in [3.8, 4) is 0 Å². The van der Waals surface area contributed by atoms with Crippen LogP contribution in [0.15, 0.2) is 102 Å². The first-order chi connectivity index (χ1) is 17.0. The Bertz CT molecular complexity index is 1150. The zero-order valence-electron chi connectivity index (χ0n) is 19.2. The number of rotatable bonds is 10. The highest BCUT2D eigenvalue weighted by molar-refractivity contribution is 5.92. The summed E-state index contributed by atoms with van der Waals surface area (Å²) in [5.74, 6) is -1.12. The number of hydrogen-bond donors (Lipinski definition) is 5. The lowest BCUT2D eigenvalue weighted by molar-refractivity contribution is -0.132. The molecule has 0 unspecified atom stereocenters. The van der Waals surface area contributed by atoms with Crippen LogP contribution >= 0.6 is 0 Å². The van der Waals surface area contributed by atoms with Gasteiger partial charge in [-0.1, -0.05) is 72.3 Å².